The topological polar surface area (TPSA) is 72.0 Å². The fourth-order valence-electron chi connectivity index (χ4n) is 2.51. The van der Waals surface area contributed by atoms with Crippen LogP contribution in [-0.2, 0) is 16.0 Å². The lowest BCUT2D eigenvalue weighted by Crippen LogP contribution is -2.16. The second-order valence-corrected chi connectivity index (χ2v) is 5.67. The van der Waals surface area contributed by atoms with Crippen LogP contribution in [0, 0.1) is 0 Å². The number of rotatable bonds is 10. The lowest BCUT2D eigenvalue weighted by atomic mass is 10.1. The first-order chi connectivity index (χ1) is 13.2. The van der Waals surface area contributed by atoms with Crippen molar-refractivity contribution in [1.82, 2.24) is 5.43 Å². The molecule has 27 heavy (non-hydrogen) atoms. The molecule has 142 valence electrons. The third-order valence-corrected chi connectivity index (χ3v) is 3.70. The zero-order valence-corrected chi connectivity index (χ0v) is 15.7. The highest BCUT2D eigenvalue weighted by Crippen LogP contribution is 2.19. The van der Waals surface area contributed by atoms with E-state index in [1.165, 1.54) is 6.20 Å². The lowest BCUT2D eigenvalue weighted by molar-refractivity contribution is -0.115. The predicted octanol–water partition coefficient (Wildman–Crippen LogP) is 3.35. The van der Waals surface area contributed by atoms with Gasteiger partial charge in [-0.2, -0.15) is 5.10 Å². The van der Waals surface area contributed by atoms with Crippen molar-refractivity contribution >= 4 is 17.3 Å². The van der Waals surface area contributed by atoms with Crippen molar-refractivity contribution < 1.29 is 14.3 Å². The van der Waals surface area contributed by atoms with Crippen LogP contribution >= 0.6 is 0 Å². The van der Waals surface area contributed by atoms with Gasteiger partial charge in [0.05, 0.1) is 25.3 Å². The Morgan fingerprint density at radius 1 is 1.19 bits per heavy atom. The van der Waals surface area contributed by atoms with E-state index in [-0.39, 0.29) is 12.3 Å². The maximum absolute atomic E-state index is 12.4. The highest BCUT2D eigenvalue weighted by Gasteiger charge is 2.10. The van der Waals surface area contributed by atoms with Crippen LogP contribution in [0.5, 0.6) is 5.75 Å². The summed E-state index contributed by atoms with van der Waals surface area (Å²) in [6.07, 6.45) is 1.74. The Kier molecular flexibility index (Phi) is 8.06. The molecule has 0 aliphatic rings. The quantitative estimate of drug-likeness (QED) is 0.499. The fraction of sp³-hybridized carbons (Fsp3) is 0.238. The van der Waals surface area contributed by atoms with Gasteiger partial charge in [-0.1, -0.05) is 36.9 Å². The van der Waals surface area contributed by atoms with E-state index in [0.717, 1.165) is 22.6 Å². The molecule has 0 saturated carbocycles. The number of carbonyl (C=O) groups excluding carboxylic acids is 1. The van der Waals surface area contributed by atoms with E-state index in [1.54, 1.807) is 7.11 Å². The molecule has 0 spiro atoms. The number of nitrogens with one attached hydrogen (secondary N) is 2. The Labute approximate surface area is 159 Å². The third-order valence-electron chi connectivity index (χ3n) is 3.70. The molecule has 0 unspecified atom stereocenters. The zero-order chi connectivity index (χ0) is 19.5. The van der Waals surface area contributed by atoms with Gasteiger partial charge in [0.15, 0.2) is 0 Å². The average Bonchev–Trinajstić information content (AvgIpc) is 2.67. The first-order valence-electron chi connectivity index (χ1n) is 8.70. The summed E-state index contributed by atoms with van der Waals surface area (Å²) in [5.41, 5.74) is 5.92. The molecule has 6 heteroatoms. The number of methoxy groups -OCH3 is 1. The van der Waals surface area contributed by atoms with E-state index < -0.39 is 0 Å². The molecular formula is C21H25N3O3. The van der Waals surface area contributed by atoms with Gasteiger partial charge >= 0.3 is 0 Å². The molecule has 1 amide bonds. The van der Waals surface area contributed by atoms with Gasteiger partial charge in [0.2, 0.25) is 5.91 Å². The smallest absolute Gasteiger partial charge is 0.228 e. The van der Waals surface area contributed by atoms with Crippen molar-refractivity contribution in [2.24, 2.45) is 5.10 Å². The Morgan fingerprint density at radius 3 is 2.59 bits per heavy atom. The maximum Gasteiger partial charge on any atom is 0.228 e. The molecule has 0 aliphatic carbocycles. The van der Waals surface area contributed by atoms with E-state index in [1.807, 2.05) is 55.5 Å². The summed E-state index contributed by atoms with van der Waals surface area (Å²) < 4.78 is 10.7. The van der Waals surface area contributed by atoms with Crippen molar-refractivity contribution in [2.45, 2.75) is 13.3 Å². The number of carbonyl (C=O) groups is 1. The maximum atomic E-state index is 12.4. The SMILES string of the molecule is C=CN/N=C(\COC)c1ccc(NC(=O)Cc2ccccc2OCC)cc1. The second kappa shape index (κ2) is 10.8. The largest absolute Gasteiger partial charge is 0.494 e. The van der Waals surface area contributed by atoms with Crippen LogP contribution in [-0.4, -0.2) is 31.9 Å². The third kappa shape index (κ3) is 6.27. The molecule has 0 radical (unpaired) electrons. The number of ether oxygens (including phenoxy) is 2. The molecule has 2 aromatic carbocycles. The van der Waals surface area contributed by atoms with Gasteiger partial charge in [0, 0.05) is 30.1 Å². The van der Waals surface area contributed by atoms with E-state index in [4.69, 9.17) is 9.47 Å². The number of hydrogen-bond acceptors (Lipinski definition) is 5. The van der Waals surface area contributed by atoms with Gasteiger partial charge in [-0.25, -0.2) is 0 Å². The monoisotopic (exact) mass is 367 g/mol. The van der Waals surface area contributed by atoms with E-state index in [2.05, 4.69) is 22.4 Å². The second-order valence-electron chi connectivity index (χ2n) is 5.67. The number of anilines is 1. The molecule has 0 bridgehead atoms. The molecule has 0 fully saturated rings. The summed E-state index contributed by atoms with van der Waals surface area (Å²) in [5.74, 6) is 0.634. The van der Waals surface area contributed by atoms with E-state index >= 15 is 0 Å². The van der Waals surface area contributed by atoms with Gasteiger partial charge in [-0.15, -0.1) is 0 Å². The summed E-state index contributed by atoms with van der Waals surface area (Å²) in [6.45, 7) is 6.41. The molecule has 2 rings (SSSR count). The van der Waals surface area contributed by atoms with Crippen LogP contribution in [0.1, 0.15) is 18.1 Å². The van der Waals surface area contributed by atoms with Crippen molar-refractivity contribution in [3.8, 4) is 5.75 Å². The van der Waals surface area contributed by atoms with Crippen LogP contribution in [0.4, 0.5) is 5.69 Å². The summed E-state index contributed by atoms with van der Waals surface area (Å²) in [4.78, 5) is 12.4. The number of benzene rings is 2. The molecule has 0 saturated heterocycles. The van der Waals surface area contributed by atoms with Crippen LogP contribution in [0.15, 0.2) is 66.4 Å². The molecule has 2 N–H and O–H groups in total. The van der Waals surface area contributed by atoms with Crippen LogP contribution < -0.4 is 15.5 Å². The minimum atomic E-state index is -0.103. The van der Waals surface area contributed by atoms with Gasteiger partial charge < -0.3 is 14.8 Å². The molecule has 0 atom stereocenters. The standard InChI is InChI=1S/C21H25N3O3/c1-4-22-24-19(15-26-3)16-10-12-18(13-11-16)23-21(25)14-17-8-6-7-9-20(17)27-5-2/h4,6-13,22H,1,5,14-15H2,2-3H3,(H,23,25)/b24-19+. The number of hydrazone groups is 1. The Hall–Kier alpha value is -3.12. The van der Waals surface area contributed by atoms with Gasteiger partial charge in [0.1, 0.15) is 5.75 Å². The van der Waals surface area contributed by atoms with E-state index in [9.17, 15) is 4.79 Å². The van der Waals surface area contributed by atoms with Crippen molar-refractivity contribution in [3.63, 3.8) is 0 Å². The summed E-state index contributed by atoms with van der Waals surface area (Å²) in [5, 5.41) is 7.10. The van der Waals surface area contributed by atoms with Gasteiger partial charge in [-0.05, 0) is 25.1 Å². The number of nitrogens with zero attached hydrogens (tertiary/aromatic N) is 1. The van der Waals surface area contributed by atoms with Crippen molar-refractivity contribution in [1.29, 1.82) is 0 Å². The summed E-state index contributed by atoms with van der Waals surface area (Å²) >= 11 is 0. The molecular weight excluding hydrogens is 342 g/mol. The Bertz CT molecular complexity index is 786. The number of para-hydroxylation sites is 1. The Balaban J connectivity index is 2.03. The number of amides is 1. The van der Waals surface area contributed by atoms with Gasteiger partial charge in [-0.3, -0.25) is 10.2 Å². The zero-order valence-electron chi connectivity index (χ0n) is 15.7. The Morgan fingerprint density at radius 2 is 1.93 bits per heavy atom. The minimum Gasteiger partial charge on any atom is -0.494 e. The molecule has 2 aromatic rings. The first-order valence-corrected chi connectivity index (χ1v) is 8.70. The van der Waals surface area contributed by atoms with Gasteiger partial charge in [0.25, 0.3) is 0 Å². The average molecular weight is 367 g/mol. The molecule has 0 aliphatic heterocycles. The first kappa shape index (κ1) is 20.2. The van der Waals surface area contributed by atoms with Crippen molar-refractivity contribution in [3.05, 3.63) is 72.4 Å². The number of hydrogen-bond donors (Lipinski definition) is 2. The summed E-state index contributed by atoms with van der Waals surface area (Å²) in [6, 6.07) is 15.0. The van der Waals surface area contributed by atoms with Crippen molar-refractivity contribution in [2.75, 3.05) is 25.6 Å². The normalized spacial score (nSPS) is 11.0. The predicted molar refractivity (Wildman–Crippen MR) is 108 cm³/mol. The minimum absolute atomic E-state index is 0.103. The highest BCUT2D eigenvalue weighted by molar-refractivity contribution is 6.02. The fourth-order valence-corrected chi connectivity index (χ4v) is 2.51. The lowest BCUT2D eigenvalue weighted by Gasteiger charge is -2.11. The van der Waals surface area contributed by atoms with Crippen LogP contribution in [0.25, 0.3) is 0 Å². The van der Waals surface area contributed by atoms with E-state index in [0.29, 0.717) is 18.9 Å². The molecule has 0 aromatic heterocycles. The highest BCUT2D eigenvalue weighted by atomic mass is 16.5. The summed E-state index contributed by atoms with van der Waals surface area (Å²) in [7, 11) is 1.61. The van der Waals surface area contributed by atoms with Crippen LogP contribution in [0.2, 0.25) is 0 Å². The van der Waals surface area contributed by atoms with Crippen LogP contribution in [0.3, 0.4) is 0 Å². The molecule has 0 heterocycles. The molecule has 6 nitrogen and oxygen atoms in total.